The van der Waals surface area contributed by atoms with Crippen LogP contribution >= 0.6 is 0 Å². The number of rotatable bonds is 5. The number of nitrogens with one attached hydrogen (secondary N) is 1. The van der Waals surface area contributed by atoms with Crippen LogP contribution in [0.4, 0.5) is 0 Å². The van der Waals surface area contributed by atoms with Gasteiger partial charge in [0, 0.05) is 31.7 Å². The summed E-state index contributed by atoms with van der Waals surface area (Å²) in [4.78, 5) is 2.77. The van der Waals surface area contributed by atoms with E-state index in [1.54, 1.807) is 0 Å². The topological polar surface area (TPSA) is 15.3 Å². The van der Waals surface area contributed by atoms with Crippen molar-refractivity contribution in [3.63, 3.8) is 0 Å². The maximum absolute atomic E-state index is 3.85. The second-order valence-corrected chi connectivity index (χ2v) is 6.66. The first-order valence-electron chi connectivity index (χ1n) is 7.82. The van der Waals surface area contributed by atoms with E-state index < -0.39 is 0 Å². The summed E-state index contributed by atoms with van der Waals surface area (Å²) in [5.74, 6) is 1.98. The van der Waals surface area contributed by atoms with Crippen LogP contribution in [0.1, 0.15) is 51.9 Å². The zero-order valence-corrected chi connectivity index (χ0v) is 11.3. The molecular formula is C15H28N2. The van der Waals surface area contributed by atoms with Crippen LogP contribution < -0.4 is 5.32 Å². The summed E-state index contributed by atoms with van der Waals surface area (Å²) in [5, 5.41) is 3.85. The number of hydrogen-bond donors (Lipinski definition) is 1. The van der Waals surface area contributed by atoms with Crippen molar-refractivity contribution >= 4 is 0 Å². The highest BCUT2D eigenvalue weighted by Crippen LogP contribution is 2.30. The van der Waals surface area contributed by atoms with Gasteiger partial charge in [0.05, 0.1) is 0 Å². The summed E-state index contributed by atoms with van der Waals surface area (Å²) in [6.07, 6.45) is 10.1. The quantitative estimate of drug-likeness (QED) is 0.789. The van der Waals surface area contributed by atoms with Crippen LogP contribution in [0.15, 0.2) is 0 Å². The molecule has 1 heterocycles. The Morgan fingerprint density at radius 3 is 2.41 bits per heavy atom. The van der Waals surface area contributed by atoms with Gasteiger partial charge in [0.25, 0.3) is 0 Å². The molecule has 2 aliphatic carbocycles. The van der Waals surface area contributed by atoms with E-state index in [4.69, 9.17) is 0 Å². The lowest BCUT2D eigenvalue weighted by Crippen LogP contribution is -2.51. The normalized spacial score (nSPS) is 35.8. The molecule has 3 aliphatic rings. The molecule has 98 valence electrons. The summed E-state index contributed by atoms with van der Waals surface area (Å²) in [6, 6.07) is 1.67. The average Bonchev–Trinajstić information content (AvgIpc) is 3.07. The molecule has 3 rings (SSSR count). The molecule has 0 radical (unpaired) electrons. The van der Waals surface area contributed by atoms with Crippen molar-refractivity contribution in [2.24, 2.45) is 11.8 Å². The fourth-order valence-corrected chi connectivity index (χ4v) is 3.49. The summed E-state index contributed by atoms with van der Waals surface area (Å²) in [5.41, 5.74) is 0. The minimum atomic E-state index is 0.793. The van der Waals surface area contributed by atoms with Gasteiger partial charge < -0.3 is 10.2 Å². The maximum Gasteiger partial charge on any atom is 0.0200 e. The van der Waals surface area contributed by atoms with Gasteiger partial charge >= 0.3 is 0 Å². The maximum atomic E-state index is 3.85. The largest absolute Gasteiger partial charge is 0.310 e. The van der Waals surface area contributed by atoms with Gasteiger partial charge in [-0.25, -0.2) is 0 Å². The number of hydrogen-bond acceptors (Lipinski definition) is 2. The van der Waals surface area contributed by atoms with E-state index in [0.717, 1.165) is 23.9 Å². The molecule has 0 aromatic carbocycles. The number of likely N-dealkylation sites (tertiary alicyclic amines) is 1. The molecule has 1 saturated heterocycles. The molecule has 0 amide bonds. The first-order valence-corrected chi connectivity index (χ1v) is 7.82. The highest BCUT2D eigenvalue weighted by molar-refractivity contribution is 4.90. The smallest absolute Gasteiger partial charge is 0.0200 e. The monoisotopic (exact) mass is 236 g/mol. The lowest BCUT2D eigenvalue weighted by molar-refractivity contribution is 0.0998. The standard InChI is InChI=1S/C15H28N2/c1-2-12-8-15(16-14-6-7-14)11-17(9-12)10-13-4-3-5-13/h12-16H,2-11H2,1H3. The third-order valence-electron chi connectivity index (χ3n) is 4.98. The average molecular weight is 236 g/mol. The molecule has 1 N–H and O–H groups in total. The first kappa shape index (κ1) is 12.0. The van der Waals surface area contributed by atoms with E-state index in [9.17, 15) is 0 Å². The molecule has 17 heavy (non-hydrogen) atoms. The first-order chi connectivity index (χ1) is 8.33. The van der Waals surface area contributed by atoms with Crippen molar-refractivity contribution in [1.82, 2.24) is 10.2 Å². The van der Waals surface area contributed by atoms with Crippen molar-refractivity contribution in [3.8, 4) is 0 Å². The highest BCUT2D eigenvalue weighted by Gasteiger charge is 2.32. The lowest BCUT2D eigenvalue weighted by Gasteiger charge is -2.41. The van der Waals surface area contributed by atoms with E-state index in [1.165, 1.54) is 64.6 Å². The summed E-state index contributed by atoms with van der Waals surface area (Å²) in [7, 11) is 0. The molecule has 2 saturated carbocycles. The molecule has 2 atom stereocenters. The number of nitrogens with zero attached hydrogens (tertiary/aromatic N) is 1. The Balaban J connectivity index is 1.50. The van der Waals surface area contributed by atoms with Gasteiger partial charge in [-0.1, -0.05) is 19.8 Å². The van der Waals surface area contributed by atoms with Gasteiger partial charge in [-0.2, -0.15) is 0 Å². The zero-order valence-electron chi connectivity index (χ0n) is 11.3. The Morgan fingerprint density at radius 1 is 1.00 bits per heavy atom. The van der Waals surface area contributed by atoms with Gasteiger partial charge in [0.1, 0.15) is 0 Å². The molecule has 2 heteroatoms. The summed E-state index contributed by atoms with van der Waals surface area (Å²) in [6.45, 7) is 6.45. The van der Waals surface area contributed by atoms with Crippen LogP contribution in [-0.2, 0) is 0 Å². The van der Waals surface area contributed by atoms with Gasteiger partial charge in [0.15, 0.2) is 0 Å². The molecule has 0 aromatic rings. The second-order valence-electron chi connectivity index (χ2n) is 6.66. The Morgan fingerprint density at radius 2 is 1.82 bits per heavy atom. The predicted octanol–water partition coefficient (Wildman–Crippen LogP) is 2.64. The Labute approximate surface area is 106 Å². The van der Waals surface area contributed by atoms with Crippen LogP contribution in [0.2, 0.25) is 0 Å². The SMILES string of the molecule is CCC1CC(NC2CC2)CN(CC2CCC2)C1. The Bertz CT molecular complexity index is 243. The Hall–Kier alpha value is -0.0800. The van der Waals surface area contributed by atoms with Crippen molar-refractivity contribution in [3.05, 3.63) is 0 Å². The van der Waals surface area contributed by atoms with E-state index in [-0.39, 0.29) is 0 Å². The fourth-order valence-electron chi connectivity index (χ4n) is 3.49. The molecule has 3 fully saturated rings. The van der Waals surface area contributed by atoms with E-state index in [1.807, 2.05) is 0 Å². The fraction of sp³-hybridized carbons (Fsp3) is 1.00. The third kappa shape index (κ3) is 3.23. The predicted molar refractivity (Wildman–Crippen MR) is 72.1 cm³/mol. The summed E-state index contributed by atoms with van der Waals surface area (Å²) >= 11 is 0. The van der Waals surface area contributed by atoms with Crippen molar-refractivity contribution in [2.75, 3.05) is 19.6 Å². The molecule has 2 unspecified atom stereocenters. The lowest BCUT2D eigenvalue weighted by atomic mass is 9.83. The summed E-state index contributed by atoms with van der Waals surface area (Å²) < 4.78 is 0. The van der Waals surface area contributed by atoms with Crippen molar-refractivity contribution in [1.29, 1.82) is 0 Å². The van der Waals surface area contributed by atoms with Gasteiger partial charge in [-0.05, 0) is 43.9 Å². The minimum absolute atomic E-state index is 0.793. The van der Waals surface area contributed by atoms with Crippen LogP contribution in [0.5, 0.6) is 0 Å². The van der Waals surface area contributed by atoms with Gasteiger partial charge in [-0.15, -0.1) is 0 Å². The second kappa shape index (κ2) is 5.27. The van der Waals surface area contributed by atoms with Gasteiger partial charge in [-0.3, -0.25) is 0 Å². The van der Waals surface area contributed by atoms with Crippen LogP contribution in [0.25, 0.3) is 0 Å². The van der Waals surface area contributed by atoms with Crippen molar-refractivity contribution < 1.29 is 0 Å². The van der Waals surface area contributed by atoms with Crippen LogP contribution in [-0.4, -0.2) is 36.6 Å². The van der Waals surface area contributed by atoms with Gasteiger partial charge in [0.2, 0.25) is 0 Å². The third-order valence-corrected chi connectivity index (χ3v) is 4.98. The molecular weight excluding hydrogens is 208 g/mol. The highest BCUT2D eigenvalue weighted by atomic mass is 15.2. The Kier molecular flexibility index (Phi) is 3.72. The minimum Gasteiger partial charge on any atom is -0.310 e. The molecule has 0 aromatic heterocycles. The van der Waals surface area contributed by atoms with Crippen LogP contribution in [0, 0.1) is 11.8 Å². The molecule has 0 bridgehead atoms. The molecule has 0 spiro atoms. The zero-order chi connectivity index (χ0) is 11.7. The van der Waals surface area contributed by atoms with E-state index >= 15 is 0 Å². The van der Waals surface area contributed by atoms with Crippen LogP contribution in [0.3, 0.4) is 0 Å². The molecule has 1 aliphatic heterocycles. The van der Waals surface area contributed by atoms with E-state index in [2.05, 4.69) is 17.1 Å². The van der Waals surface area contributed by atoms with Crippen molar-refractivity contribution in [2.45, 2.75) is 64.0 Å². The van der Waals surface area contributed by atoms with E-state index in [0.29, 0.717) is 0 Å². The number of piperidine rings is 1. The molecule has 2 nitrogen and oxygen atoms in total.